The maximum Gasteiger partial charge on any atom is 0.189 e. The van der Waals surface area contributed by atoms with Crippen molar-refractivity contribution in [1.82, 2.24) is 4.98 Å². The number of nitrogens with zero attached hydrogens (tertiary/aromatic N) is 1. The van der Waals surface area contributed by atoms with Gasteiger partial charge in [0.05, 0.1) is 12.3 Å². The number of fused-ring (bicyclic) bond motifs is 1. The van der Waals surface area contributed by atoms with Crippen LogP contribution in [0.4, 0.5) is 0 Å². The van der Waals surface area contributed by atoms with E-state index in [0.717, 1.165) is 12.1 Å². The van der Waals surface area contributed by atoms with Crippen LogP contribution in [0, 0.1) is 0 Å². The predicted octanol–water partition coefficient (Wildman–Crippen LogP) is 1.32. The highest BCUT2D eigenvalue weighted by molar-refractivity contribution is 5.97. The van der Waals surface area contributed by atoms with Crippen LogP contribution in [0.5, 0.6) is 5.75 Å². The van der Waals surface area contributed by atoms with Gasteiger partial charge < -0.3 is 9.84 Å². The standard InChI is InChI=1S/C12H15NO3/c1-12(2)3-4-16-10-5-8(9(15)7-14)6-13-11(10)12/h5-6,14H,3-4,7H2,1-2H3. The molecule has 0 aliphatic carbocycles. The second kappa shape index (κ2) is 3.87. The molecule has 0 unspecified atom stereocenters. The molecule has 2 rings (SSSR count). The van der Waals surface area contributed by atoms with Crippen molar-refractivity contribution in [3.8, 4) is 5.75 Å². The molecule has 1 N–H and O–H groups in total. The van der Waals surface area contributed by atoms with Crippen LogP contribution in [0.3, 0.4) is 0 Å². The summed E-state index contributed by atoms with van der Waals surface area (Å²) in [6, 6.07) is 1.67. The Balaban J connectivity index is 2.43. The number of ether oxygens (including phenoxy) is 1. The lowest BCUT2D eigenvalue weighted by molar-refractivity contribution is 0.0902. The average molecular weight is 221 g/mol. The second-order valence-corrected chi connectivity index (χ2v) is 4.63. The number of rotatable bonds is 2. The van der Waals surface area contributed by atoms with Crippen LogP contribution in [-0.2, 0) is 5.41 Å². The van der Waals surface area contributed by atoms with Crippen LogP contribution in [0.1, 0.15) is 36.3 Å². The summed E-state index contributed by atoms with van der Waals surface area (Å²) in [5.41, 5.74) is 1.26. The highest BCUT2D eigenvalue weighted by atomic mass is 16.5. The van der Waals surface area contributed by atoms with Gasteiger partial charge in [0, 0.05) is 17.2 Å². The molecule has 0 saturated carbocycles. The Morgan fingerprint density at radius 2 is 2.38 bits per heavy atom. The second-order valence-electron chi connectivity index (χ2n) is 4.63. The fourth-order valence-electron chi connectivity index (χ4n) is 1.84. The molecular formula is C12H15NO3. The molecule has 16 heavy (non-hydrogen) atoms. The van der Waals surface area contributed by atoms with E-state index < -0.39 is 6.61 Å². The van der Waals surface area contributed by atoms with Gasteiger partial charge in [-0.1, -0.05) is 13.8 Å². The van der Waals surface area contributed by atoms with Gasteiger partial charge in [-0.15, -0.1) is 0 Å². The number of hydrogen-bond acceptors (Lipinski definition) is 4. The SMILES string of the molecule is CC1(C)CCOc2cc(C(=O)CO)cnc21. The Morgan fingerprint density at radius 1 is 1.62 bits per heavy atom. The normalized spacial score (nSPS) is 17.4. The first-order chi connectivity index (χ1) is 7.54. The molecule has 0 amide bonds. The molecule has 1 aromatic rings. The quantitative estimate of drug-likeness (QED) is 0.765. The number of aliphatic hydroxyl groups is 1. The third kappa shape index (κ3) is 1.80. The lowest BCUT2D eigenvalue weighted by Gasteiger charge is -2.31. The Kier molecular flexibility index (Phi) is 2.68. The molecule has 86 valence electrons. The molecule has 0 spiro atoms. The molecule has 1 aliphatic rings. The van der Waals surface area contributed by atoms with Gasteiger partial charge in [-0.3, -0.25) is 9.78 Å². The van der Waals surface area contributed by atoms with E-state index in [1.54, 1.807) is 6.07 Å². The lowest BCUT2D eigenvalue weighted by Crippen LogP contribution is -2.28. The molecule has 0 bridgehead atoms. The van der Waals surface area contributed by atoms with Gasteiger partial charge in [-0.05, 0) is 12.5 Å². The lowest BCUT2D eigenvalue weighted by atomic mass is 9.83. The van der Waals surface area contributed by atoms with Crippen molar-refractivity contribution in [3.05, 3.63) is 23.5 Å². The first kappa shape index (κ1) is 11.1. The van der Waals surface area contributed by atoms with Gasteiger partial charge in [0.15, 0.2) is 5.78 Å². The summed E-state index contributed by atoms with van der Waals surface area (Å²) in [7, 11) is 0. The third-order valence-electron chi connectivity index (χ3n) is 2.94. The van der Waals surface area contributed by atoms with E-state index in [-0.39, 0.29) is 11.2 Å². The molecule has 2 heterocycles. The van der Waals surface area contributed by atoms with Crippen LogP contribution >= 0.6 is 0 Å². The van der Waals surface area contributed by atoms with Gasteiger partial charge in [-0.25, -0.2) is 0 Å². The fourth-order valence-corrected chi connectivity index (χ4v) is 1.84. The molecule has 1 aromatic heterocycles. The van der Waals surface area contributed by atoms with E-state index in [1.807, 2.05) is 0 Å². The van der Waals surface area contributed by atoms with E-state index in [4.69, 9.17) is 9.84 Å². The van der Waals surface area contributed by atoms with Gasteiger partial charge in [0.1, 0.15) is 12.4 Å². The maximum absolute atomic E-state index is 11.3. The largest absolute Gasteiger partial charge is 0.492 e. The van der Waals surface area contributed by atoms with Crippen molar-refractivity contribution >= 4 is 5.78 Å². The van der Waals surface area contributed by atoms with E-state index in [9.17, 15) is 4.79 Å². The molecule has 0 fully saturated rings. The van der Waals surface area contributed by atoms with Crippen molar-refractivity contribution < 1.29 is 14.6 Å². The zero-order valence-electron chi connectivity index (χ0n) is 9.49. The molecular weight excluding hydrogens is 206 g/mol. The van der Waals surface area contributed by atoms with Crippen molar-refractivity contribution in [2.75, 3.05) is 13.2 Å². The van der Waals surface area contributed by atoms with Crippen LogP contribution in [0.25, 0.3) is 0 Å². The van der Waals surface area contributed by atoms with Crippen LogP contribution in [0.2, 0.25) is 0 Å². The Bertz CT molecular complexity index is 426. The molecule has 0 saturated heterocycles. The van der Waals surface area contributed by atoms with Gasteiger partial charge in [0.25, 0.3) is 0 Å². The van der Waals surface area contributed by atoms with Crippen LogP contribution < -0.4 is 4.74 Å². The van der Waals surface area contributed by atoms with Gasteiger partial charge in [0.2, 0.25) is 0 Å². The summed E-state index contributed by atoms with van der Waals surface area (Å²) >= 11 is 0. The van der Waals surface area contributed by atoms with Crippen LogP contribution in [0.15, 0.2) is 12.3 Å². The minimum Gasteiger partial charge on any atom is -0.492 e. The summed E-state index contributed by atoms with van der Waals surface area (Å²) in [6.45, 7) is 4.35. The minimum absolute atomic E-state index is 0.0195. The number of aromatic nitrogens is 1. The first-order valence-corrected chi connectivity index (χ1v) is 5.32. The van der Waals surface area contributed by atoms with Crippen molar-refractivity contribution in [1.29, 1.82) is 0 Å². The monoisotopic (exact) mass is 221 g/mol. The maximum atomic E-state index is 11.3. The molecule has 1 aliphatic heterocycles. The molecule has 4 heteroatoms. The van der Waals surface area contributed by atoms with E-state index in [0.29, 0.717) is 17.9 Å². The predicted molar refractivity (Wildman–Crippen MR) is 58.8 cm³/mol. The topological polar surface area (TPSA) is 59.4 Å². The molecule has 0 radical (unpaired) electrons. The zero-order chi connectivity index (χ0) is 11.8. The Hall–Kier alpha value is -1.42. The number of aliphatic hydroxyl groups excluding tert-OH is 1. The number of pyridine rings is 1. The number of carbonyl (C=O) groups excluding carboxylic acids is 1. The van der Waals surface area contributed by atoms with Crippen molar-refractivity contribution in [3.63, 3.8) is 0 Å². The summed E-state index contributed by atoms with van der Waals surface area (Å²) in [5.74, 6) is 0.331. The van der Waals surface area contributed by atoms with Gasteiger partial charge >= 0.3 is 0 Å². The third-order valence-corrected chi connectivity index (χ3v) is 2.94. The van der Waals surface area contributed by atoms with Crippen molar-refractivity contribution in [2.24, 2.45) is 0 Å². The van der Waals surface area contributed by atoms with Crippen LogP contribution in [-0.4, -0.2) is 29.1 Å². The number of hydrogen-bond donors (Lipinski definition) is 1. The van der Waals surface area contributed by atoms with E-state index in [2.05, 4.69) is 18.8 Å². The number of Topliss-reactive ketones (excluding diaryl/α,β-unsaturated/α-hetero) is 1. The minimum atomic E-state index is -0.496. The highest BCUT2D eigenvalue weighted by Gasteiger charge is 2.30. The highest BCUT2D eigenvalue weighted by Crippen LogP contribution is 2.36. The van der Waals surface area contributed by atoms with E-state index >= 15 is 0 Å². The number of ketones is 1. The summed E-state index contributed by atoms with van der Waals surface area (Å²) in [5, 5.41) is 8.78. The van der Waals surface area contributed by atoms with Gasteiger partial charge in [-0.2, -0.15) is 0 Å². The first-order valence-electron chi connectivity index (χ1n) is 5.32. The number of carbonyl (C=O) groups is 1. The fraction of sp³-hybridized carbons (Fsp3) is 0.500. The molecule has 0 atom stereocenters. The summed E-state index contributed by atoms with van der Waals surface area (Å²) in [4.78, 5) is 15.6. The summed E-state index contributed by atoms with van der Waals surface area (Å²) in [6.07, 6.45) is 2.42. The smallest absolute Gasteiger partial charge is 0.189 e. The molecule has 4 nitrogen and oxygen atoms in total. The Labute approximate surface area is 94.3 Å². The molecule has 0 aromatic carbocycles. The Morgan fingerprint density at radius 3 is 3.06 bits per heavy atom. The zero-order valence-corrected chi connectivity index (χ0v) is 9.49. The van der Waals surface area contributed by atoms with Crippen molar-refractivity contribution in [2.45, 2.75) is 25.7 Å². The summed E-state index contributed by atoms with van der Waals surface area (Å²) < 4.78 is 5.50. The van der Waals surface area contributed by atoms with E-state index in [1.165, 1.54) is 6.20 Å². The average Bonchev–Trinajstić information content (AvgIpc) is 2.27.